The summed E-state index contributed by atoms with van der Waals surface area (Å²) in [5, 5.41) is 12.3. The molecule has 1 rings (SSSR count). The van der Waals surface area contributed by atoms with Crippen LogP contribution in [0, 0.1) is 0 Å². The average Bonchev–Trinajstić information content (AvgIpc) is 2.08. The van der Waals surface area contributed by atoms with Crippen LogP contribution in [0.3, 0.4) is 0 Å². The first-order chi connectivity index (χ1) is 7.29. The molecule has 0 heterocycles. The number of amides is 1. The molecule has 0 saturated heterocycles. The lowest BCUT2D eigenvalue weighted by Crippen LogP contribution is -2.34. The lowest BCUT2D eigenvalue weighted by molar-refractivity contribution is -0.114. The van der Waals surface area contributed by atoms with Gasteiger partial charge in [-0.25, -0.2) is 0 Å². The standard InChI is InChI=1S/C12H18N2O2/c1-8(15)14-11-9(7-12(2,3)13)5-4-6-10(11)16/h4-6,16H,7,13H2,1-3H3,(H,14,15). The molecule has 0 spiro atoms. The number of nitrogens with two attached hydrogens (primary N) is 1. The second-order valence-electron chi connectivity index (χ2n) is 4.66. The molecule has 1 aromatic rings. The molecule has 0 saturated carbocycles. The van der Waals surface area contributed by atoms with Crippen LogP contribution >= 0.6 is 0 Å². The van der Waals surface area contributed by atoms with Crippen molar-refractivity contribution in [1.82, 2.24) is 0 Å². The second-order valence-corrected chi connectivity index (χ2v) is 4.66. The fourth-order valence-corrected chi connectivity index (χ4v) is 1.55. The highest BCUT2D eigenvalue weighted by molar-refractivity contribution is 5.91. The van der Waals surface area contributed by atoms with E-state index in [4.69, 9.17) is 5.73 Å². The summed E-state index contributed by atoms with van der Waals surface area (Å²) in [7, 11) is 0. The summed E-state index contributed by atoms with van der Waals surface area (Å²) in [6.45, 7) is 5.20. The van der Waals surface area contributed by atoms with Gasteiger partial charge in [-0.15, -0.1) is 0 Å². The molecule has 1 aromatic carbocycles. The third kappa shape index (κ3) is 3.55. The lowest BCUT2D eigenvalue weighted by atomic mass is 9.95. The summed E-state index contributed by atoms with van der Waals surface area (Å²) >= 11 is 0. The summed E-state index contributed by atoms with van der Waals surface area (Å²) in [5.41, 5.74) is 6.82. The molecule has 4 heteroatoms. The van der Waals surface area contributed by atoms with E-state index in [0.29, 0.717) is 12.1 Å². The Kier molecular flexibility index (Phi) is 3.55. The van der Waals surface area contributed by atoms with Gasteiger partial charge in [-0.3, -0.25) is 4.79 Å². The van der Waals surface area contributed by atoms with E-state index in [1.807, 2.05) is 19.9 Å². The van der Waals surface area contributed by atoms with Crippen LogP contribution in [0.25, 0.3) is 0 Å². The molecule has 4 nitrogen and oxygen atoms in total. The first kappa shape index (κ1) is 12.5. The quantitative estimate of drug-likeness (QED) is 0.680. The highest BCUT2D eigenvalue weighted by Crippen LogP contribution is 2.29. The molecule has 88 valence electrons. The van der Waals surface area contributed by atoms with Crippen LogP contribution in [0.5, 0.6) is 5.75 Å². The average molecular weight is 222 g/mol. The highest BCUT2D eigenvalue weighted by atomic mass is 16.3. The monoisotopic (exact) mass is 222 g/mol. The Bertz CT molecular complexity index is 394. The molecule has 0 fully saturated rings. The Morgan fingerprint density at radius 2 is 2.12 bits per heavy atom. The van der Waals surface area contributed by atoms with Gasteiger partial charge in [0.05, 0.1) is 5.69 Å². The Morgan fingerprint density at radius 3 is 2.62 bits per heavy atom. The SMILES string of the molecule is CC(=O)Nc1c(O)cccc1CC(C)(C)N. The Hall–Kier alpha value is -1.55. The van der Waals surface area contributed by atoms with E-state index in [1.54, 1.807) is 6.07 Å². The number of rotatable bonds is 3. The summed E-state index contributed by atoms with van der Waals surface area (Å²) in [4.78, 5) is 11.0. The zero-order valence-electron chi connectivity index (χ0n) is 9.87. The van der Waals surface area contributed by atoms with E-state index in [2.05, 4.69) is 5.32 Å². The van der Waals surface area contributed by atoms with Gasteiger partial charge in [-0.1, -0.05) is 12.1 Å². The number of carbonyl (C=O) groups excluding carboxylic acids is 1. The molecule has 0 aliphatic carbocycles. The highest BCUT2D eigenvalue weighted by Gasteiger charge is 2.16. The first-order valence-corrected chi connectivity index (χ1v) is 5.17. The predicted molar refractivity (Wildman–Crippen MR) is 64.4 cm³/mol. The van der Waals surface area contributed by atoms with Crippen LogP contribution in [-0.2, 0) is 11.2 Å². The van der Waals surface area contributed by atoms with Gasteiger partial charge in [0.2, 0.25) is 5.91 Å². The van der Waals surface area contributed by atoms with Gasteiger partial charge in [0.1, 0.15) is 5.75 Å². The van der Waals surface area contributed by atoms with Crippen molar-refractivity contribution in [2.45, 2.75) is 32.7 Å². The molecule has 16 heavy (non-hydrogen) atoms. The van der Waals surface area contributed by atoms with Gasteiger partial charge in [0, 0.05) is 12.5 Å². The van der Waals surface area contributed by atoms with Crippen LogP contribution in [0.15, 0.2) is 18.2 Å². The zero-order chi connectivity index (χ0) is 12.3. The van der Waals surface area contributed by atoms with Crippen molar-refractivity contribution in [2.75, 3.05) is 5.32 Å². The summed E-state index contributed by atoms with van der Waals surface area (Å²) < 4.78 is 0. The van der Waals surface area contributed by atoms with E-state index in [9.17, 15) is 9.90 Å². The van der Waals surface area contributed by atoms with Crippen molar-refractivity contribution in [2.24, 2.45) is 5.73 Å². The molecule has 0 atom stereocenters. The normalized spacial score (nSPS) is 11.2. The minimum Gasteiger partial charge on any atom is -0.506 e. The van der Waals surface area contributed by atoms with Gasteiger partial charge in [-0.05, 0) is 31.9 Å². The number of benzene rings is 1. The fraction of sp³-hybridized carbons (Fsp3) is 0.417. The molecule has 1 amide bonds. The number of hydrogen-bond donors (Lipinski definition) is 3. The van der Waals surface area contributed by atoms with Crippen LogP contribution < -0.4 is 11.1 Å². The van der Waals surface area contributed by atoms with Crippen LogP contribution in [0.2, 0.25) is 0 Å². The van der Waals surface area contributed by atoms with Crippen molar-refractivity contribution < 1.29 is 9.90 Å². The Labute approximate surface area is 95.5 Å². The third-order valence-corrected chi connectivity index (χ3v) is 2.08. The van der Waals surface area contributed by atoms with Crippen molar-refractivity contribution in [1.29, 1.82) is 0 Å². The largest absolute Gasteiger partial charge is 0.506 e. The smallest absolute Gasteiger partial charge is 0.221 e. The molecule has 0 aliphatic rings. The van der Waals surface area contributed by atoms with E-state index in [-0.39, 0.29) is 17.2 Å². The third-order valence-electron chi connectivity index (χ3n) is 2.08. The molecule has 4 N–H and O–H groups in total. The van der Waals surface area contributed by atoms with Gasteiger partial charge in [0.15, 0.2) is 0 Å². The van der Waals surface area contributed by atoms with E-state index >= 15 is 0 Å². The maximum atomic E-state index is 11.0. The topological polar surface area (TPSA) is 75.3 Å². The van der Waals surface area contributed by atoms with Gasteiger partial charge in [-0.2, -0.15) is 0 Å². The minimum absolute atomic E-state index is 0.0666. The first-order valence-electron chi connectivity index (χ1n) is 5.17. The molecular weight excluding hydrogens is 204 g/mol. The number of carbonyl (C=O) groups is 1. The maximum Gasteiger partial charge on any atom is 0.221 e. The number of phenols is 1. The van der Waals surface area contributed by atoms with Crippen LogP contribution in [-0.4, -0.2) is 16.6 Å². The number of anilines is 1. The fourth-order valence-electron chi connectivity index (χ4n) is 1.55. The van der Waals surface area contributed by atoms with Crippen molar-refractivity contribution in [3.8, 4) is 5.75 Å². The van der Waals surface area contributed by atoms with Crippen molar-refractivity contribution in [3.63, 3.8) is 0 Å². The number of aromatic hydroxyl groups is 1. The van der Waals surface area contributed by atoms with Crippen LogP contribution in [0.1, 0.15) is 26.3 Å². The number of phenolic OH excluding ortho intramolecular Hbond substituents is 1. The Morgan fingerprint density at radius 1 is 1.50 bits per heavy atom. The second kappa shape index (κ2) is 4.53. The molecular formula is C12H18N2O2. The molecule has 0 aromatic heterocycles. The van der Waals surface area contributed by atoms with E-state index < -0.39 is 0 Å². The molecule has 0 aliphatic heterocycles. The summed E-state index contributed by atoms with van der Waals surface area (Å²) in [5.74, 6) is -0.144. The van der Waals surface area contributed by atoms with Crippen molar-refractivity contribution in [3.05, 3.63) is 23.8 Å². The molecule has 0 radical (unpaired) electrons. The maximum absolute atomic E-state index is 11.0. The van der Waals surface area contributed by atoms with Crippen molar-refractivity contribution >= 4 is 11.6 Å². The summed E-state index contributed by atoms with van der Waals surface area (Å²) in [6.07, 6.45) is 0.580. The minimum atomic E-state index is -0.388. The number of para-hydroxylation sites is 1. The number of nitrogens with one attached hydrogen (secondary N) is 1. The summed E-state index contributed by atoms with van der Waals surface area (Å²) in [6, 6.07) is 5.12. The van der Waals surface area contributed by atoms with Gasteiger partial charge < -0.3 is 16.2 Å². The molecule has 0 bridgehead atoms. The zero-order valence-corrected chi connectivity index (χ0v) is 9.87. The lowest BCUT2D eigenvalue weighted by Gasteiger charge is -2.21. The van der Waals surface area contributed by atoms with Crippen LogP contribution in [0.4, 0.5) is 5.69 Å². The van der Waals surface area contributed by atoms with E-state index in [1.165, 1.54) is 13.0 Å². The number of hydrogen-bond acceptors (Lipinski definition) is 3. The van der Waals surface area contributed by atoms with Gasteiger partial charge >= 0.3 is 0 Å². The Balaban J connectivity index is 3.07. The van der Waals surface area contributed by atoms with Gasteiger partial charge in [0.25, 0.3) is 0 Å². The molecule has 0 unspecified atom stereocenters. The van der Waals surface area contributed by atoms with E-state index in [0.717, 1.165) is 5.56 Å². The predicted octanol–water partition coefficient (Wildman–Crippen LogP) is 1.63.